The molecule has 0 spiro atoms. The molecule has 2 aromatic carbocycles. The molecule has 0 saturated carbocycles. The number of nitrogens with one attached hydrogen (secondary N) is 1. The molecule has 0 saturated heterocycles. The lowest BCUT2D eigenvalue weighted by molar-refractivity contribution is -0.120. The van der Waals surface area contributed by atoms with E-state index in [0.717, 1.165) is 13.0 Å². The van der Waals surface area contributed by atoms with Gasteiger partial charge in [0.25, 0.3) is 0 Å². The number of nitrogens with zero attached hydrogens (tertiary/aromatic N) is 1. The lowest BCUT2D eigenvalue weighted by atomic mass is 10.2. The second-order valence-electron chi connectivity index (χ2n) is 5.05. The van der Waals surface area contributed by atoms with E-state index in [0.29, 0.717) is 22.4 Å². The number of anilines is 2. The van der Waals surface area contributed by atoms with Gasteiger partial charge in [-0.15, -0.1) is 0 Å². The molecule has 2 rings (SSSR count). The van der Waals surface area contributed by atoms with Gasteiger partial charge in [0.05, 0.1) is 18.5 Å². The number of amides is 2. The summed E-state index contributed by atoms with van der Waals surface area (Å²) >= 11 is 0. The molecule has 2 amide bonds. The van der Waals surface area contributed by atoms with Gasteiger partial charge in [0.2, 0.25) is 11.8 Å². The van der Waals surface area contributed by atoms with Crippen molar-refractivity contribution >= 4 is 23.2 Å². The molecule has 0 bridgehead atoms. The monoisotopic (exact) mass is 352 g/mol. The summed E-state index contributed by atoms with van der Waals surface area (Å²) in [7, 11) is 1.42. The van der Waals surface area contributed by atoms with Gasteiger partial charge in [-0.2, -0.15) is 0 Å². The van der Waals surface area contributed by atoms with Crippen molar-refractivity contribution in [2.75, 3.05) is 23.9 Å². The quantitative estimate of drug-likeness (QED) is 0.842. The van der Waals surface area contributed by atoms with E-state index in [1.807, 2.05) is 0 Å². The molecule has 0 radical (unpaired) electrons. The first-order valence-corrected chi connectivity index (χ1v) is 7.19. The average Bonchev–Trinajstić information content (AvgIpc) is 2.58. The Morgan fingerprint density at radius 1 is 1.08 bits per heavy atom. The zero-order valence-corrected chi connectivity index (χ0v) is 13.5. The molecule has 8 heteroatoms. The Kier molecular flexibility index (Phi) is 5.63. The fourth-order valence-electron chi connectivity index (χ4n) is 2.17. The van der Waals surface area contributed by atoms with Crippen LogP contribution < -0.4 is 15.0 Å². The molecule has 25 heavy (non-hydrogen) atoms. The van der Waals surface area contributed by atoms with Crippen LogP contribution in [0.1, 0.15) is 6.92 Å². The Balaban J connectivity index is 2.24. The Labute approximate surface area is 142 Å². The van der Waals surface area contributed by atoms with Gasteiger partial charge < -0.3 is 15.0 Å². The second-order valence-corrected chi connectivity index (χ2v) is 5.05. The molecule has 0 aliphatic rings. The SMILES string of the molecule is COc1ccccc1NC(=O)CN(C(C)=O)c1ccc(F)c(F)c1F. The van der Waals surface area contributed by atoms with Crippen LogP contribution >= 0.6 is 0 Å². The first-order chi connectivity index (χ1) is 11.8. The zero-order valence-electron chi connectivity index (χ0n) is 13.5. The topological polar surface area (TPSA) is 58.6 Å². The van der Waals surface area contributed by atoms with Crippen LogP contribution in [0.5, 0.6) is 5.75 Å². The summed E-state index contributed by atoms with van der Waals surface area (Å²) in [6, 6.07) is 8.14. The predicted octanol–water partition coefficient (Wildman–Crippen LogP) is 3.10. The van der Waals surface area contributed by atoms with Crippen molar-refractivity contribution in [1.29, 1.82) is 0 Å². The van der Waals surface area contributed by atoms with Crippen LogP contribution in [-0.2, 0) is 9.59 Å². The van der Waals surface area contributed by atoms with Gasteiger partial charge in [0.15, 0.2) is 17.5 Å². The van der Waals surface area contributed by atoms with E-state index >= 15 is 0 Å². The van der Waals surface area contributed by atoms with Gasteiger partial charge in [-0.1, -0.05) is 12.1 Å². The Morgan fingerprint density at radius 3 is 2.40 bits per heavy atom. The maximum Gasteiger partial charge on any atom is 0.244 e. The number of benzene rings is 2. The van der Waals surface area contributed by atoms with Crippen LogP contribution in [0, 0.1) is 17.5 Å². The fourth-order valence-corrected chi connectivity index (χ4v) is 2.17. The van der Waals surface area contributed by atoms with E-state index in [2.05, 4.69) is 5.32 Å². The fraction of sp³-hybridized carbons (Fsp3) is 0.176. The minimum atomic E-state index is -1.71. The first kappa shape index (κ1) is 18.3. The summed E-state index contributed by atoms with van der Waals surface area (Å²) in [5.74, 6) is -5.62. The highest BCUT2D eigenvalue weighted by Crippen LogP contribution is 2.25. The van der Waals surface area contributed by atoms with E-state index < -0.39 is 41.5 Å². The van der Waals surface area contributed by atoms with Crippen molar-refractivity contribution in [3.8, 4) is 5.75 Å². The van der Waals surface area contributed by atoms with E-state index in [9.17, 15) is 22.8 Å². The molecular formula is C17H15F3N2O3. The predicted molar refractivity (Wildman–Crippen MR) is 86.0 cm³/mol. The number of ether oxygens (including phenoxy) is 1. The van der Waals surface area contributed by atoms with E-state index in [4.69, 9.17) is 4.74 Å². The van der Waals surface area contributed by atoms with Crippen molar-refractivity contribution in [1.82, 2.24) is 0 Å². The van der Waals surface area contributed by atoms with Crippen molar-refractivity contribution < 1.29 is 27.5 Å². The molecule has 0 atom stereocenters. The van der Waals surface area contributed by atoms with Gasteiger partial charge in [-0.05, 0) is 24.3 Å². The van der Waals surface area contributed by atoms with E-state index in [1.165, 1.54) is 7.11 Å². The largest absolute Gasteiger partial charge is 0.495 e. The minimum absolute atomic E-state index is 0.351. The van der Waals surface area contributed by atoms with Gasteiger partial charge in [-0.25, -0.2) is 13.2 Å². The number of carbonyl (C=O) groups excluding carboxylic acids is 2. The van der Waals surface area contributed by atoms with Crippen LogP contribution in [0.25, 0.3) is 0 Å². The smallest absolute Gasteiger partial charge is 0.244 e. The Bertz CT molecular complexity index is 812. The van der Waals surface area contributed by atoms with Gasteiger partial charge in [0.1, 0.15) is 12.3 Å². The highest BCUT2D eigenvalue weighted by molar-refractivity contribution is 6.02. The summed E-state index contributed by atoms with van der Waals surface area (Å²) < 4.78 is 45.4. The summed E-state index contributed by atoms with van der Waals surface area (Å²) in [4.78, 5) is 24.6. The standard InChI is InChI=1S/C17H15F3N2O3/c1-10(23)22(13-8-7-11(18)16(19)17(13)20)9-15(24)21-12-5-3-4-6-14(12)25-2/h3-8H,9H2,1-2H3,(H,21,24). The molecule has 0 aliphatic heterocycles. The molecule has 0 heterocycles. The highest BCUT2D eigenvalue weighted by Gasteiger charge is 2.23. The highest BCUT2D eigenvalue weighted by atomic mass is 19.2. The van der Waals surface area contributed by atoms with E-state index in [1.54, 1.807) is 24.3 Å². The number of methoxy groups -OCH3 is 1. The van der Waals surface area contributed by atoms with Crippen molar-refractivity contribution in [2.24, 2.45) is 0 Å². The number of halogens is 3. The number of carbonyl (C=O) groups is 2. The van der Waals surface area contributed by atoms with Crippen molar-refractivity contribution in [3.05, 3.63) is 53.8 Å². The summed E-state index contributed by atoms with van der Waals surface area (Å²) in [6.45, 7) is 0.493. The average molecular weight is 352 g/mol. The number of rotatable bonds is 5. The lowest BCUT2D eigenvalue weighted by Crippen LogP contribution is -2.37. The molecule has 132 valence electrons. The zero-order chi connectivity index (χ0) is 18.6. The third-order valence-electron chi connectivity index (χ3n) is 3.37. The Hall–Kier alpha value is -3.03. The summed E-state index contributed by atoms with van der Waals surface area (Å²) in [6.07, 6.45) is 0. The normalized spacial score (nSPS) is 10.3. The molecule has 5 nitrogen and oxygen atoms in total. The third-order valence-corrected chi connectivity index (χ3v) is 3.37. The van der Waals surface area contributed by atoms with Crippen LogP contribution in [0.15, 0.2) is 36.4 Å². The van der Waals surface area contributed by atoms with Crippen LogP contribution in [0.3, 0.4) is 0 Å². The van der Waals surface area contributed by atoms with Gasteiger partial charge >= 0.3 is 0 Å². The van der Waals surface area contributed by atoms with Crippen LogP contribution in [0.2, 0.25) is 0 Å². The number of hydrogen-bond donors (Lipinski definition) is 1. The molecule has 1 N–H and O–H groups in total. The summed E-state index contributed by atoms with van der Waals surface area (Å²) in [5.41, 5.74) is -0.175. The molecular weight excluding hydrogens is 337 g/mol. The van der Waals surface area contributed by atoms with Crippen molar-refractivity contribution in [3.63, 3.8) is 0 Å². The van der Waals surface area contributed by atoms with E-state index in [-0.39, 0.29) is 0 Å². The number of para-hydroxylation sites is 2. The third kappa shape index (κ3) is 4.09. The second kappa shape index (κ2) is 7.69. The van der Waals surface area contributed by atoms with Crippen molar-refractivity contribution in [2.45, 2.75) is 6.92 Å². The molecule has 2 aromatic rings. The molecule has 0 aliphatic carbocycles. The Morgan fingerprint density at radius 2 is 1.76 bits per heavy atom. The van der Waals surface area contributed by atoms with Gasteiger partial charge in [0, 0.05) is 6.92 Å². The lowest BCUT2D eigenvalue weighted by Gasteiger charge is -2.21. The maximum atomic E-state index is 13.9. The van der Waals surface area contributed by atoms with Crippen LogP contribution in [0.4, 0.5) is 24.5 Å². The summed E-state index contributed by atoms with van der Waals surface area (Å²) in [5, 5.41) is 2.51. The first-order valence-electron chi connectivity index (χ1n) is 7.19. The molecule has 0 fully saturated rings. The minimum Gasteiger partial charge on any atom is -0.495 e. The number of hydrogen-bond acceptors (Lipinski definition) is 3. The molecule has 0 aromatic heterocycles. The van der Waals surface area contributed by atoms with Gasteiger partial charge in [-0.3, -0.25) is 9.59 Å². The molecule has 0 unspecified atom stereocenters. The van der Waals surface area contributed by atoms with Crippen LogP contribution in [-0.4, -0.2) is 25.5 Å². The maximum absolute atomic E-state index is 13.9.